The van der Waals surface area contributed by atoms with Crippen LogP contribution in [-0.4, -0.2) is 23.8 Å². The van der Waals surface area contributed by atoms with Crippen LogP contribution < -0.4 is 5.32 Å². The molecule has 68 valence electrons. The van der Waals surface area contributed by atoms with E-state index in [9.17, 15) is 5.11 Å². The van der Waals surface area contributed by atoms with E-state index in [1.807, 2.05) is 0 Å². The molecule has 2 rings (SSSR count). The molecule has 0 aromatic rings. The Morgan fingerprint density at radius 1 is 1.54 bits per heavy atom. The zero-order valence-electron chi connectivity index (χ0n) is 7.10. The number of nitrogens with one attached hydrogen (secondary N) is 1. The lowest BCUT2D eigenvalue weighted by Crippen LogP contribution is -2.31. The van der Waals surface area contributed by atoms with Crippen LogP contribution in [0.2, 0.25) is 0 Å². The van der Waals surface area contributed by atoms with Crippen molar-refractivity contribution in [2.75, 3.05) is 6.54 Å². The number of aliphatic hydroxyl groups excluding tert-OH is 1. The molecule has 2 N–H and O–H groups in total. The molecule has 1 saturated heterocycles. The number of hydrogen-bond donors (Lipinski definition) is 2. The van der Waals surface area contributed by atoms with Gasteiger partial charge in [-0.15, -0.1) is 0 Å². The van der Waals surface area contributed by atoms with Crippen LogP contribution in [0.5, 0.6) is 0 Å². The maximum atomic E-state index is 9.72. The molecule has 2 aliphatic rings. The minimum atomic E-state index is -0.441. The van der Waals surface area contributed by atoms with E-state index in [4.69, 9.17) is 11.6 Å². The van der Waals surface area contributed by atoms with Gasteiger partial charge in [0.05, 0.1) is 6.10 Å². The summed E-state index contributed by atoms with van der Waals surface area (Å²) in [5.41, 5.74) is 3.71. The lowest BCUT2D eigenvalue weighted by Gasteiger charge is -2.16. The highest BCUT2D eigenvalue weighted by atomic mass is 35.5. The molecule has 0 aromatic carbocycles. The van der Waals surface area contributed by atoms with Crippen molar-refractivity contribution in [1.82, 2.24) is 5.32 Å². The maximum Gasteiger partial charge on any atom is 0.133 e. The minimum absolute atomic E-state index is 0.0556. The molecule has 0 aromatic heterocycles. The Kier molecular flexibility index (Phi) is 2.44. The van der Waals surface area contributed by atoms with E-state index in [2.05, 4.69) is 22.9 Å². The number of rotatable bonds is 0. The first-order valence-corrected chi connectivity index (χ1v) is 4.74. The molecule has 0 bridgehead atoms. The molecular formula is C10H10ClNO. The topological polar surface area (TPSA) is 32.3 Å². The lowest BCUT2D eigenvalue weighted by molar-refractivity contribution is 0.199. The Balaban J connectivity index is 2.37. The van der Waals surface area contributed by atoms with Crippen molar-refractivity contribution in [3.05, 3.63) is 16.3 Å². The van der Waals surface area contributed by atoms with E-state index in [1.165, 1.54) is 0 Å². The fourth-order valence-corrected chi connectivity index (χ4v) is 1.74. The molecule has 0 radical (unpaired) electrons. The zero-order valence-corrected chi connectivity index (χ0v) is 7.86. The van der Waals surface area contributed by atoms with Crippen molar-refractivity contribution < 1.29 is 5.11 Å². The smallest absolute Gasteiger partial charge is 0.133 e. The van der Waals surface area contributed by atoms with Crippen molar-refractivity contribution >= 4 is 11.6 Å². The van der Waals surface area contributed by atoms with E-state index in [0.717, 1.165) is 25.0 Å². The number of halogens is 1. The molecule has 13 heavy (non-hydrogen) atoms. The largest absolute Gasteiger partial charge is 0.388 e. The van der Waals surface area contributed by atoms with Crippen molar-refractivity contribution in [3.63, 3.8) is 0 Å². The highest BCUT2D eigenvalue weighted by Crippen LogP contribution is 2.19. The maximum absolute atomic E-state index is 9.72. The molecule has 1 aliphatic carbocycles. The van der Waals surface area contributed by atoms with Crippen molar-refractivity contribution in [2.45, 2.75) is 25.0 Å². The summed E-state index contributed by atoms with van der Waals surface area (Å²) in [7, 11) is 0. The summed E-state index contributed by atoms with van der Waals surface area (Å²) in [6, 6.07) is -0.0556. The molecule has 1 aliphatic heterocycles. The van der Waals surface area contributed by atoms with E-state index in [0.29, 0.717) is 5.03 Å². The van der Waals surface area contributed by atoms with Crippen LogP contribution in [0.1, 0.15) is 12.8 Å². The third-order valence-corrected chi connectivity index (χ3v) is 2.44. The van der Waals surface area contributed by atoms with Gasteiger partial charge in [0.1, 0.15) is 11.1 Å². The highest BCUT2D eigenvalue weighted by Gasteiger charge is 2.23. The number of aliphatic hydroxyl groups is 1. The second-order valence-electron chi connectivity index (χ2n) is 3.21. The van der Waals surface area contributed by atoms with Gasteiger partial charge in [0, 0.05) is 5.57 Å². The van der Waals surface area contributed by atoms with Gasteiger partial charge in [-0.3, -0.25) is 5.32 Å². The van der Waals surface area contributed by atoms with Crippen LogP contribution in [-0.2, 0) is 0 Å². The van der Waals surface area contributed by atoms with Crippen LogP contribution >= 0.6 is 11.6 Å². The molecule has 1 heterocycles. The number of fused-ring (bicyclic) bond motifs is 1. The Bertz CT molecular complexity index is 344. The van der Waals surface area contributed by atoms with Crippen LogP contribution in [0.15, 0.2) is 16.3 Å². The zero-order chi connectivity index (χ0) is 9.26. The van der Waals surface area contributed by atoms with E-state index < -0.39 is 6.10 Å². The predicted molar refractivity (Wildman–Crippen MR) is 51.2 cm³/mol. The first-order valence-electron chi connectivity index (χ1n) is 4.36. The summed E-state index contributed by atoms with van der Waals surface area (Å²) in [6.07, 6.45) is 1.28. The molecule has 2 nitrogen and oxygen atoms in total. The van der Waals surface area contributed by atoms with Crippen LogP contribution in [0.25, 0.3) is 0 Å². The van der Waals surface area contributed by atoms with Crippen molar-refractivity contribution in [1.29, 1.82) is 0 Å². The van der Waals surface area contributed by atoms with E-state index in [1.54, 1.807) is 0 Å². The second-order valence-corrected chi connectivity index (χ2v) is 3.59. The summed E-state index contributed by atoms with van der Waals surface area (Å²) in [5, 5.41) is 13.3. The molecule has 1 fully saturated rings. The molecule has 2 atom stereocenters. The van der Waals surface area contributed by atoms with Gasteiger partial charge >= 0.3 is 0 Å². The van der Waals surface area contributed by atoms with Crippen LogP contribution in [0.4, 0.5) is 0 Å². The summed E-state index contributed by atoms with van der Waals surface area (Å²) < 4.78 is 0. The quantitative estimate of drug-likeness (QED) is 0.442. The molecule has 3 heteroatoms. The first-order chi connectivity index (χ1) is 6.27. The Morgan fingerprint density at radius 2 is 2.38 bits per heavy atom. The average molecular weight is 196 g/mol. The van der Waals surface area contributed by atoms with Gasteiger partial charge in [-0.2, -0.15) is 0 Å². The van der Waals surface area contributed by atoms with Gasteiger partial charge < -0.3 is 5.11 Å². The molecule has 0 saturated carbocycles. The number of hydrogen-bond acceptors (Lipinski definition) is 2. The predicted octanol–water partition coefficient (Wildman–Crippen LogP) is 0.764. The Morgan fingerprint density at radius 3 is 3.23 bits per heavy atom. The summed E-state index contributed by atoms with van der Waals surface area (Å²) in [6.45, 7) is 0.888. The lowest BCUT2D eigenvalue weighted by atomic mass is 9.99. The van der Waals surface area contributed by atoms with Gasteiger partial charge in [0.15, 0.2) is 0 Å². The molecular weight excluding hydrogens is 186 g/mol. The third kappa shape index (κ3) is 1.80. The second kappa shape index (κ2) is 3.57. The normalized spacial score (nSPS) is 31.8. The Labute approximate surface area is 82.3 Å². The standard InChI is InChI=1S/C10H10ClNO/c11-7-3-4-9-8(6-7)10(13)2-1-5-12-9/h9-10,12-13H,1-2,5H2. The monoisotopic (exact) mass is 195 g/mol. The fraction of sp³-hybridized carbons (Fsp3) is 0.500. The van der Waals surface area contributed by atoms with Gasteiger partial charge in [0.2, 0.25) is 0 Å². The van der Waals surface area contributed by atoms with Gasteiger partial charge in [-0.25, -0.2) is 0 Å². The average Bonchev–Trinajstić information content (AvgIpc) is 2.29. The van der Waals surface area contributed by atoms with Crippen LogP contribution in [0, 0.1) is 11.8 Å². The summed E-state index contributed by atoms with van der Waals surface area (Å²) >= 11 is 5.73. The third-order valence-electron chi connectivity index (χ3n) is 2.25. The molecule has 2 unspecified atom stereocenters. The van der Waals surface area contributed by atoms with E-state index in [-0.39, 0.29) is 6.04 Å². The van der Waals surface area contributed by atoms with Crippen molar-refractivity contribution in [3.8, 4) is 11.8 Å². The highest BCUT2D eigenvalue weighted by molar-refractivity contribution is 6.32. The van der Waals surface area contributed by atoms with Gasteiger partial charge in [-0.05, 0) is 25.3 Å². The van der Waals surface area contributed by atoms with Gasteiger partial charge in [-0.1, -0.05) is 23.3 Å². The fourth-order valence-electron chi connectivity index (χ4n) is 1.58. The Hall–Kier alpha value is -0.710. The SMILES string of the molecule is OC1CCCNC2C#CC(Cl)=C=C12. The summed E-state index contributed by atoms with van der Waals surface area (Å²) in [4.78, 5) is 0. The van der Waals surface area contributed by atoms with E-state index >= 15 is 0 Å². The minimum Gasteiger partial charge on any atom is -0.388 e. The van der Waals surface area contributed by atoms with Crippen molar-refractivity contribution in [2.24, 2.45) is 0 Å². The first kappa shape index (κ1) is 8.87. The molecule has 0 amide bonds. The van der Waals surface area contributed by atoms with Crippen LogP contribution in [0.3, 0.4) is 0 Å². The van der Waals surface area contributed by atoms with Gasteiger partial charge in [0.25, 0.3) is 0 Å². The molecule has 0 spiro atoms. The summed E-state index contributed by atoms with van der Waals surface area (Å²) in [5.74, 6) is 5.71.